The van der Waals surface area contributed by atoms with Gasteiger partial charge in [-0.2, -0.15) is 4.98 Å². The van der Waals surface area contributed by atoms with Gasteiger partial charge in [0.25, 0.3) is 5.56 Å². The van der Waals surface area contributed by atoms with Crippen LogP contribution < -0.4 is 17.0 Å². The second-order valence-corrected chi connectivity index (χ2v) is 12.5. The minimum atomic E-state index is -4.99. The molecule has 10 atom stereocenters. The summed E-state index contributed by atoms with van der Waals surface area (Å²) in [5.41, 5.74) is 8.96. The number of imidazole rings is 2. The summed E-state index contributed by atoms with van der Waals surface area (Å²) in [6, 6.07) is 0. The van der Waals surface area contributed by atoms with Crippen LogP contribution in [0.25, 0.3) is 22.3 Å². The second-order valence-electron chi connectivity index (χ2n) is 9.81. The molecule has 2 saturated heterocycles. The second kappa shape index (κ2) is 11.4. The van der Waals surface area contributed by atoms with Crippen LogP contribution in [0.3, 0.4) is 0 Å². The van der Waals surface area contributed by atoms with Crippen molar-refractivity contribution in [3.63, 3.8) is 0 Å². The minimum absolute atomic E-state index is 0.0369. The number of H-pyrrole nitrogens is 1. The van der Waals surface area contributed by atoms with Crippen LogP contribution in [-0.4, -0.2) is 114 Å². The van der Waals surface area contributed by atoms with E-state index in [-0.39, 0.29) is 34.1 Å². The Morgan fingerprint density at radius 1 is 1.02 bits per heavy atom. The first-order chi connectivity index (χ1) is 20.9. The smallest absolute Gasteiger partial charge is 0.394 e. The molecule has 22 nitrogen and oxygen atoms in total. The Hall–Kier alpha value is -3.53. The number of nitrogens with zero attached hydrogens (tertiary/aromatic N) is 7. The fourth-order valence-electron chi connectivity index (χ4n) is 5.23. The third-order valence-corrected chi connectivity index (χ3v) is 9.48. The van der Waals surface area contributed by atoms with Gasteiger partial charge in [-0.25, -0.2) is 19.9 Å². The monoisotopic (exact) mass is 659 g/mol. The lowest BCUT2D eigenvalue weighted by Gasteiger charge is -2.27. The summed E-state index contributed by atoms with van der Waals surface area (Å²) in [6.45, 7) is -1.57. The standard InChI is InChI=1S/C20H24N10O12P2/c21-14-8-15(24-3-23-14)29(4-25-8)18-11(33)12(42-43(35)36)7(41-18)2-39-44(37,38)13-10(32)6(1-31)40-19(13)30-5-26-9-16(30)27-20(22)28-17(9)34/h3-7,10-13,18-19,31-33H,1-2H2,(H6-,21,22,23,24,27,28,34,35,36,37,38)/p+1. The molecule has 6 heterocycles. The van der Waals surface area contributed by atoms with Crippen LogP contribution in [0.2, 0.25) is 0 Å². The van der Waals surface area contributed by atoms with Gasteiger partial charge < -0.3 is 45.7 Å². The summed E-state index contributed by atoms with van der Waals surface area (Å²) < 4.78 is 49.5. The van der Waals surface area contributed by atoms with Gasteiger partial charge in [-0.3, -0.25) is 23.5 Å². The number of aliphatic hydroxyl groups is 3. The molecule has 24 heteroatoms. The highest BCUT2D eigenvalue weighted by atomic mass is 31.2. The first-order valence-electron chi connectivity index (χ1n) is 12.6. The fraction of sp³-hybridized carbons (Fsp3) is 0.500. The molecule has 0 amide bonds. The van der Waals surface area contributed by atoms with E-state index in [1.807, 2.05) is 0 Å². The molecule has 2 aliphatic heterocycles. The molecule has 44 heavy (non-hydrogen) atoms. The lowest BCUT2D eigenvalue weighted by Crippen LogP contribution is -2.37. The number of nitrogens with two attached hydrogens (primary N) is 2. The zero-order valence-corrected chi connectivity index (χ0v) is 23.8. The van der Waals surface area contributed by atoms with Gasteiger partial charge in [0.15, 0.2) is 41.2 Å². The van der Waals surface area contributed by atoms with E-state index >= 15 is 0 Å². The van der Waals surface area contributed by atoms with E-state index in [1.54, 1.807) is 0 Å². The van der Waals surface area contributed by atoms with Crippen molar-refractivity contribution in [2.24, 2.45) is 0 Å². The fourth-order valence-corrected chi connectivity index (χ4v) is 7.35. The Balaban J connectivity index is 1.29. The maximum absolute atomic E-state index is 13.7. The number of nitrogen functional groups attached to an aromatic ring is 2. The largest absolute Gasteiger partial charge is 0.695 e. The SMILES string of the molecule is Nc1nc2c(ncn2C2OC(CO)C(O)C2P(=O)(O)OCC2OC(n3cnc4c(N)ncnc43)C(O)C2O[P+](=O)O)c(=O)[nH]1. The molecule has 0 bridgehead atoms. The zero-order valence-electron chi connectivity index (χ0n) is 22.0. The van der Waals surface area contributed by atoms with Crippen molar-refractivity contribution in [1.82, 2.24) is 39.0 Å². The van der Waals surface area contributed by atoms with Crippen molar-refractivity contribution < 1.29 is 52.8 Å². The number of hydrogen-bond donors (Lipinski definition) is 8. The molecule has 2 aliphatic rings. The maximum atomic E-state index is 13.7. The van der Waals surface area contributed by atoms with Crippen molar-refractivity contribution in [2.45, 2.75) is 48.6 Å². The molecule has 4 aromatic rings. The third-order valence-electron chi connectivity index (χ3n) is 7.23. The average molecular weight is 659 g/mol. The van der Waals surface area contributed by atoms with Gasteiger partial charge in [-0.05, 0) is 0 Å². The molecule has 10 unspecified atom stereocenters. The van der Waals surface area contributed by atoms with Crippen LogP contribution in [0.5, 0.6) is 0 Å². The molecule has 0 radical (unpaired) electrons. The van der Waals surface area contributed by atoms with E-state index in [2.05, 4.69) is 29.9 Å². The minimum Gasteiger partial charge on any atom is -0.394 e. The van der Waals surface area contributed by atoms with Gasteiger partial charge in [0.05, 0.1) is 25.9 Å². The Kier molecular flexibility index (Phi) is 7.93. The summed E-state index contributed by atoms with van der Waals surface area (Å²) in [5, 5.41) is 31.6. The number of ether oxygens (including phenoxy) is 2. The number of rotatable bonds is 9. The number of fused-ring (bicyclic) bond motifs is 2. The van der Waals surface area contributed by atoms with E-state index < -0.39 is 83.3 Å². The van der Waals surface area contributed by atoms with E-state index in [0.29, 0.717) is 0 Å². The Bertz CT molecular complexity index is 1830. The van der Waals surface area contributed by atoms with Crippen LogP contribution >= 0.6 is 15.9 Å². The van der Waals surface area contributed by atoms with E-state index in [4.69, 9.17) is 30.0 Å². The highest BCUT2D eigenvalue weighted by Gasteiger charge is 2.56. The summed E-state index contributed by atoms with van der Waals surface area (Å²) in [5.74, 6) is -0.254. The first-order valence-corrected chi connectivity index (χ1v) is 15.4. The van der Waals surface area contributed by atoms with Gasteiger partial charge in [-0.15, -0.1) is 9.42 Å². The van der Waals surface area contributed by atoms with E-state index in [9.17, 15) is 39.0 Å². The predicted octanol–water partition coefficient (Wildman–Crippen LogP) is -2.76. The Morgan fingerprint density at radius 3 is 2.41 bits per heavy atom. The van der Waals surface area contributed by atoms with Crippen molar-refractivity contribution >= 4 is 49.9 Å². The molecule has 4 aromatic heterocycles. The normalized spacial score (nSPS) is 30.7. The number of nitrogens with one attached hydrogen (secondary N) is 1. The van der Waals surface area contributed by atoms with Crippen LogP contribution in [0.1, 0.15) is 12.5 Å². The number of aromatic nitrogens is 8. The van der Waals surface area contributed by atoms with Crippen LogP contribution in [-0.2, 0) is 27.7 Å². The Morgan fingerprint density at radius 2 is 1.70 bits per heavy atom. The third kappa shape index (κ3) is 5.14. The number of aromatic amines is 1. The molecule has 236 valence electrons. The van der Waals surface area contributed by atoms with Crippen LogP contribution in [0, 0.1) is 0 Å². The highest BCUT2D eigenvalue weighted by molar-refractivity contribution is 7.53. The molecule has 0 aromatic carbocycles. The summed E-state index contributed by atoms with van der Waals surface area (Å²) in [4.78, 5) is 55.0. The summed E-state index contributed by atoms with van der Waals surface area (Å²) >= 11 is 0. The van der Waals surface area contributed by atoms with E-state index in [0.717, 1.165) is 17.2 Å². The quantitative estimate of drug-likeness (QED) is 0.0843. The van der Waals surface area contributed by atoms with Gasteiger partial charge in [0.2, 0.25) is 5.95 Å². The molecule has 6 rings (SSSR count). The maximum Gasteiger partial charge on any atom is 0.695 e. The van der Waals surface area contributed by atoms with E-state index in [1.165, 1.54) is 10.9 Å². The van der Waals surface area contributed by atoms with Gasteiger partial charge in [0.1, 0.15) is 41.9 Å². The topological polar surface area (TPSA) is 331 Å². The molecule has 10 N–H and O–H groups in total. The summed E-state index contributed by atoms with van der Waals surface area (Å²) in [7, 11) is -8.28. The van der Waals surface area contributed by atoms with Gasteiger partial charge >= 0.3 is 15.9 Å². The van der Waals surface area contributed by atoms with Gasteiger partial charge in [-0.1, -0.05) is 0 Å². The van der Waals surface area contributed by atoms with Crippen molar-refractivity contribution in [3.05, 3.63) is 29.3 Å². The van der Waals surface area contributed by atoms with Crippen LogP contribution in [0.15, 0.2) is 23.8 Å². The lowest BCUT2D eigenvalue weighted by molar-refractivity contribution is -0.0491. The number of aliphatic hydroxyl groups excluding tert-OH is 3. The van der Waals surface area contributed by atoms with Crippen molar-refractivity contribution in [3.8, 4) is 0 Å². The van der Waals surface area contributed by atoms with Crippen molar-refractivity contribution in [1.29, 1.82) is 0 Å². The summed E-state index contributed by atoms with van der Waals surface area (Å²) in [6.07, 6.45) is -7.20. The lowest BCUT2D eigenvalue weighted by atomic mass is 10.1. The highest BCUT2D eigenvalue weighted by Crippen LogP contribution is 2.57. The van der Waals surface area contributed by atoms with Gasteiger partial charge in [0, 0.05) is 4.57 Å². The molecule has 0 saturated carbocycles. The van der Waals surface area contributed by atoms with Crippen molar-refractivity contribution in [2.75, 3.05) is 24.7 Å². The number of hydrogen-bond acceptors (Lipinski definition) is 17. The zero-order chi connectivity index (χ0) is 31.5. The van der Waals surface area contributed by atoms with Crippen LogP contribution in [0.4, 0.5) is 11.8 Å². The average Bonchev–Trinajstić information content (AvgIpc) is 3.72. The molecular weight excluding hydrogens is 634 g/mol. The molecule has 0 spiro atoms. The number of anilines is 2. The molecule has 2 fully saturated rings. The molecule has 0 aliphatic carbocycles. The predicted molar refractivity (Wildman–Crippen MR) is 143 cm³/mol. The Labute approximate surface area is 244 Å². The molecular formula is C20H25N10O12P2+. The first kappa shape index (κ1) is 30.5.